The van der Waals surface area contributed by atoms with Crippen LogP contribution in [0.2, 0.25) is 5.02 Å². The second kappa shape index (κ2) is 4.99. The molecule has 0 saturated carbocycles. The molecule has 0 amide bonds. The fourth-order valence-electron chi connectivity index (χ4n) is 1.58. The Bertz CT molecular complexity index is 647. The average Bonchev–Trinajstić information content (AvgIpc) is 2.42. The van der Waals surface area contributed by atoms with E-state index in [1.54, 1.807) is 30.3 Å². The third kappa shape index (κ3) is 2.11. The van der Waals surface area contributed by atoms with Crippen LogP contribution in [-0.2, 0) is 0 Å². The lowest BCUT2D eigenvalue weighted by Gasteiger charge is -2.05. The first-order valence-electron chi connectivity index (χ1n) is 5.10. The largest absolute Gasteiger partial charge is 0.290 e. The molecule has 0 atom stereocenters. The molecule has 2 rings (SSSR count). The fourth-order valence-corrected chi connectivity index (χ4v) is 1.73. The van der Waals surface area contributed by atoms with E-state index in [0.717, 1.165) is 0 Å². The van der Waals surface area contributed by atoms with Crippen LogP contribution in [0.15, 0.2) is 42.5 Å². The maximum Gasteiger partial charge on any atom is 0.234 e. The van der Waals surface area contributed by atoms with Crippen LogP contribution in [0.1, 0.15) is 15.9 Å². The molecular weight excluding hydrogens is 253 g/mol. The number of hydrogen-bond donors (Lipinski definition) is 0. The van der Waals surface area contributed by atoms with Crippen molar-refractivity contribution in [1.82, 2.24) is 0 Å². The zero-order chi connectivity index (χ0) is 13.1. The first-order chi connectivity index (χ1) is 8.65. The Morgan fingerprint density at radius 3 is 2.44 bits per heavy atom. The van der Waals surface area contributed by atoms with Gasteiger partial charge in [0.1, 0.15) is 5.82 Å². The third-order valence-electron chi connectivity index (χ3n) is 2.46. The van der Waals surface area contributed by atoms with Crippen molar-refractivity contribution in [3.63, 3.8) is 0 Å². The van der Waals surface area contributed by atoms with E-state index in [1.807, 2.05) is 0 Å². The van der Waals surface area contributed by atoms with Crippen molar-refractivity contribution in [3.8, 4) is 0 Å². The quantitative estimate of drug-likeness (QED) is 0.583. The highest BCUT2D eigenvalue weighted by molar-refractivity contribution is 6.31. The number of carbonyl (C=O) groups is 1. The van der Waals surface area contributed by atoms with Crippen molar-refractivity contribution in [2.45, 2.75) is 0 Å². The van der Waals surface area contributed by atoms with E-state index in [0.29, 0.717) is 5.56 Å². The van der Waals surface area contributed by atoms with Gasteiger partial charge in [0.25, 0.3) is 0 Å². The van der Waals surface area contributed by atoms with Gasteiger partial charge in [0, 0.05) is 11.1 Å². The molecule has 0 saturated heterocycles. The van der Waals surface area contributed by atoms with Crippen molar-refractivity contribution in [2.24, 2.45) is 0 Å². The summed E-state index contributed by atoms with van der Waals surface area (Å²) in [7, 11) is 0. The average molecular weight is 260 g/mol. The fraction of sp³-hybridized carbons (Fsp3) is 0. The van der Waals surface area contributed by atoms with Crippen LogP contribution in [0, 0.1) is 12.4 Å². The standard InChI is InChI=1S/C14H7ClFNO/c1-17-13-10(7-8-11(15)12(13)16)14(18)9-5-3-2-4-6-9/h2-8H. The topological polar surface area (TPSA) is 21.4 Å². The zero-order valence-corrected chi connectivity index (χ0v) is 9.91. The third-order valence-corrected chi connectivity index (χ3v) is 2.75. The van der Waals surface area contributed by atoms with Crippen molar-refractivity contribution in [3.05, 3.63) is 75.8 Å². The monoisotopic (exact) mass is 259 g/mol. The summed E-state index contributed by atoms with van der Waals surface area (Å²) in [6.07, 6.45) is 0. The summed E-state index contributed by atoms with van der Waals surface area (Å²) in [6.45, 7) is 6.95. The molecule has 2 aromatic rings. The minimum absolute atomic E-state index is 0.0260. The van der Waals surface area contributed by atoms with Gasteiger partial charge in [-0.15, -0.1) is 0 Å². The van der Waals surface area contributed by atoms with E-state index in [9.17, 15) is 9.18 Å². The lowest BCUT2D eigenvalue weighted by molar-refractivity contribution is 0.103. The number of hydrogen-bond acceptors (Lipinski definition) is 1. The molecule has 0 aliphatic rings. The molecule has 0 aliphatic heterocycles. The molecule has 0 aromatic heterocycles. The molecule has 0 fully saturated rings. The van der Waals surface area contributed by atoms with Crippen molar-refractivity contribution >= 4 is 23.1 Å². The van der Waals surface area contributed by atoms with E-state index in [2.05, 4.69) is 4.85 Å². The van der Waals surface area contributed by atoms with Crippen LogP contribution in [0.3, 0.4) is 0 Å². The maximum absolute atomic E-state index is 13.6. The van der Waals surface area contributed by atoms with Gasteiger partial charge in [-0.25, -0.2) is 9.24 Å². The summed E-state index contributed by atoms with van der Waals surface area (Å²) in [5.74, 6) is -1.24. The number of benzene rings is 2. The van der Waals surface area contributed by atoms with Gasteiger partial charge >= 0.3 is 0 Å². The number of ketones is 1. The minimum atomic E-state index is -0.853. The Morgan fingerprint density at radius 2 is 1.83 bits per heavy atom. The molecule has 0 N–H and O–H groups in total. The predicted molar refractivity (Wildman–Crippen MR) is 67.5 cm³/mol. The molecule has 88 valence electrons. The first kappa shape index (κ1) is 12.3. The van der Waals surface area contributed by atoms with E-state index >= 15 is 0 Å². The van der Waals surface area contributed by atoms with Crippen molar-refractivity contribution in [1.29, 1.82) is 0 Å². The highest BCUT2D eigenvalue weighted by Crippen LogP contribution is 2.30. The SMILES string of the molecule is [C-]#[N+]c1c(C(=O)c2ccccc2)ccc(Cl)c1F. The molecule has 4 heteroatoms. The number of nitrogens with zero attached hydrogens (tertiary/aromatic N) is 1. The second-order valence-corrected chi connectivity index (χ2v) is 3.97. The van der Waals surface area contributed by atoms with Gasteiger partial charge in [0.05, 0.1) is 11.6 Å². The maximum atomic E-state index is 13.6. The summed E-state index contributed by atoms with van der Waals surface area (Å²) < 4.78 is 13.6. The Morgan fingerprint density at radius 1 is 1.17 bits per heavy atom. The van der Waals surface area contributed by atoms with Gasteiger partial charge in [-0.3, -0.25) is 4.79 Å². The summed E-state index contributed by atoms with van der Waals surface area (Å²) in [6, 6.07) is 11.1. The van der Waals surface area contributed by atoms with Gasteiger partial charge in [0.15, 0.2) is 5.78 Å². The van der Waals surface area contributed by atoms with Crippen LogP contribution >= 0.6 is 11.6 Å². The Hall–Kier alpha value is -2.18. The highest BCUT2D eigenvalue weighted by atomic mass is 35.5. The molecule has 0 radical (unpaired) electrons. The first-order valence-corrected chi connectivity index (χ1v) is 5.48. The molecule has 2 nitrogen and oxygen atoms in total. The number of rotatable bonds is 2. The molecule has 0 aliphatic carbocycles. The molecule has 0 heterocycles. The Labute approximate surface area is 108 Å². The molecule has 0 unspecified atom stereocenters. The molecular formula is C14H7ClFNO. The molecule has 18 heavy (non-hydrogen) atoms. The number of halogens is 2. The Kier molecular flexibility index (Phi) is 3.40. The normalized spacial score (nSPS) is 9.83. The summed E-state index contributed by atoms with van der Waals surface area (Å²) in [5, 5.41) is -0.161. The summed E-state index contributed by atoms with van der Waals surface area (Å²) >= 11 is 5.59. The lowest BCUT2D eigenvalue weighted by atomic mass is 10.0. The Balaban J connectivity index is 2.57. The summed E-state index contributed by atoms with van der Waals surface area (Å²) in [4.78, 5) is 15.2. The van der Waals surface area contributed by atoms with Crippen LogP contribution in [0.5, 0.6) is 0 Å². The van der Waals surface area contributed by atoms with Crippen LogP contribution < -0.4 is 0 Å². The van der Waals surface area contributed by atoms with Gasteiger partial charge in [-0.05, 0) is 6.07 Å². The van der Waals surface area contributed by atoms with Crippen molar-refractivity contribution < 1.29 is 9.18 Å². The van der Waals surface area contributed by atoms with E-state index < -0.39 is 11.6 Å². The molecule has 2 aromatic carbocycles. The van der Waals surface area contributed by atoms with Crippen LogP contribution in [0.4, 0.5) is 10.1 Å². The van der Waals surface area contributed by atoms with Gasteiger partial charge < -0.3 is 0 Å². The second-order valence-electron chi connectivity index (χ2n) is 3.56. The summed E-state index contributed by atoms with van der Waals surface area (Å²) in [5.41, 5.74) is 0.0959. The van der Waals surface area contributed by atoms with Gasteiger partial charge in [0.2, 0.25) is 5.69 Å². The number of carbonyl (C=O) groups excluding carboxylic acids is 1. The van der Waals surface area contributed by atoms with Crippen LogP contribution in [-0.4, -0.2) is 5.78 Å². The molecule has 0 spiro atoms. The predicted octanol–water partition coefficient (Wildman–Crippen LogP) is 4.26. The minimum Gasteiger partial charge on any atom is -0.290 e. The highest BCUT2D eigenvalue weighted by Gasteiger charge is 2.18. The lowest BCUT2D eigenvalue weighted by Crippen LogP contribution is -2.02. The van der Waals surface area contributed by atoms with Crippen molar-refractivity contribution in [2.75, 3.05) is 0 Å². The molecule has 0 bridgehead atoms. The van der Waals surface area contributed by atoms with Gasteiger partial charge in [-0.2, -0.15) is 0 Å². The zero-order valence-electron chi connectivity index (χ0n) is 9.15. The van der Waals surface area contributed by atoms with Gasteiger partial charge in [-0.1, -0.05) is 48.0 Å². The smallest absolute Gasteiger partial charge is 0.234 e. The van der Waals surface area contributed by atoms with E-state index in [4.69, 9.17) is 18.2 Å². The van der Waals surface area contributed by atoms with Crippen LogP contribution in [0.25, 0.3) is 4.85 Å². The van der Waals surface area contributed by atoms with E-state index in [-0.39, 0.29) is 16.3 Å². The van der Waals surface area contributed by atoms with E-state index in [1.165, 1.54) is 12.1 Å².